The van der Waals surface area contributed by atoms with Crippen LogP contribution in [0.3, 0.4) is 0 Å². The Labute approximate surface area is 181 Å². The lowest BCUT2D eigenvalue weighted by atomic mass is 10.1. The van der Waals surface area contributed by atoms with Gasteiger partial charge in [0, 0.05) is 23.2 Å². The molecule has 2 unspecified atom stereocenters. The number of ether oxygens (including phenoxy) is 1. The molecule has 31 heavy (non-hydrogen) atoms. The molecule has 0 aliphatic heterocycles. The summed E-state index contributed by atoms with van der Waals surface area (Å²) in [5.41, 5.74) is 1.11. The lowest BCUT2D eigenvalue weighted by Crippen LogP contribution is -2.26. The largest absolute Gasteiger partial charge is 0.495 e. The molecule has 2 saturated carbocycles. The molecule has 2 aliphatic carbocycles. The van der Waals surface area contributed by atoms with E-state index < -0.39 is 15.9 Å². The van der Waals surface area contributed by atoms with Gasteiger partial charge in [-0.2, -0.15) is 0 Å². The van der Waals surface area contributed by atoms with Gasteiger partial charge in [-0.1, -0.05) is 13.0 Å². The highest BCUT2D eigenvalue weighted by molar-refractivity contribution is 7.89. The van der Waals surface area contributed by atoms with Crippen molar-refractivity contribution in [1.29, 1.82) is 0 Å². The molecule has 4 rings (SSSR count). The fourth-order valence-corrected chi connectivity index (χ4v) is 4.63. The van der Waals surface area contributed by atoms with Crippen molar-refractivity contribution >= 4 is 33.2 Å². The number of carbonyl (C=O) groups excluding carboxylic acids is 2. The van der Waals surface area contributed by atoms with Gasteiger partial charge >= 0.3 is 0 Å². The van der Waals surface area contributed by atoms with E-state index in [2.05, 4.69) is 15.4 Å². The van der Waals surface area contributed by atoms with Crippen molar-refractivity contribution in [2.24, 2.45) is 11.8 Å². The van der Waals surface area contributed by atoms with Gasteiger partial charge < -0.3 is 15.4 Å². The summed E-state index contributed by atoms with van der Waals surface area (Å²) in [7, 11) is -2.24. The number of nitrogens with one attached hydrogen (secondary N) is 3. The van der Waals surface area contributed by atoms with E-state index in [1.807, 2.05) is 6.92 Å². The molecule has 2 fully saturated rings. The smallest absolute Gasteiger partial charge is 0.255 e. The third kappa shape index (κ3) is 5.05. The van der Waals surface area contributed by atoms with Crippen LogP contribution in [-0.2, 0) is 14.8 Å². The van der Waals surface area contributed by atoms with Gasteiger partial charge in [-0.15, -0.1) is 0 Å². The number of amides is 2. The van der Waals surface area contributed by atoms with Crippen LogP contribution in [0.25, 0.3) is 0 Å². The first-order chi connectivity index (χ1) is 14.8. The molecule has 0 aromatic heterocycles. The third-order valence-electron chi connectivity index (χ3n) is 5.47. The summed E-state index contributed by atoms with van der Waals surface area (Å²) >= 11 is 0. The van der Waals surface area contributed by atoms with Gasteiger partial charge in [0.25, 0.3) is 5.91 Å². The summed E-state index contributed by atoms with van der Waals surface area (Å²) in [6, 6.07) is 10.9. The Hall–Kier alpha value is -2.91. The molecule has 0 heterocycles. The monoisotopic (exact) mass is 443 g/mol. The van der Waals surface area contributed by atoms with Crippen LogP contribution in [0, 0.1) is 11.8 Å². The molecule has 2 aromatic carbocycles. The van der Waals surface area contributed by atoms with Crippen molar-refractivity contribution in [2.45, 2.75) is 37.1 Å². The highest BCUT2D eigenvalue weighted by Gasteiger charge is 2.39. The fraction of sp³-hybridized carbons (Fsp3) is 0.364. The van der Waals surface area contributed by atoms with E-state index >= 15 is 0 Å². The van der Waals surface area contributed by atoms with E-state index in [-0.39, 0.29) is 28.4 Å². The zero-order valence-corrected chi connectivity index (χ0v) is 18.2. The number of hydrogen-bond donors (Lipinski definition) is 3. The minimum Gasteiger partial charge on any atom is -0.495 e. The van der Waals surface area contributed by atoms with Crippen LogP contribution < -0.4 is 20.1 Å². The molecule has 8 nitrogen and oxygen atoms in total. The lowest BCUT2D eigenvalue weighted by molar-refractivity contribution is -0.117. The van der Waals surface area contributed by atoms with E-state index in [1.54, 1.807) is 24.3 Å². The van der Waals surface area contributed by atoms with E-state index in [0.29, 0.717) is 22.9 Å². The molecule has 2 aliphatic rings. The zero-order valence-electron chi connectivity index (χ0n) is 17.3. The van der Waals surface area contributed by atoms with Crippen molar-refractivity contribution in [3.05, 3.63) is 48.0 Å². The first kappa shape index (κ1) is 21.3. The highest BCUT2D eigenvalue weighted by atomic mass is 32.2. The second-order valence-corrected chi connectivity index (χ2v) is 9.82. The van der Waals surface area contributed by atoms with E-state index in [1.165, 1.54) is 25.3 Å². The molecule has 2 amide bonds. The number of methoxy groups -OCH3 is 1. The molecule has 3 N–H and O–H groups in total. The first-order valence-electron chi connectivity index (χ1n) is 10.2. The molecule has 0 spiro atoms. The fourth-order valence-electron chi connectivity index (χ4n) is 3.30. The topological polar surface area (TPSA) is 114 Å². The Bertz CT molecular complexity index is 1130. The average Bonchev–Trinajstić information content (AvgIpc) is 3.66. The SMILES string of the molecule is COc1ccc(S(=O)(=O)NC2CC2)cc1NC(=O)c1cccc(NC(=O)C2CC2C)c1. The summed E-state index contributed by atoms with van der Waals surface area (Å²) in [6.07, 6.45) is 2.53. The van der Waals surface area contributed by atoms with Gasteiger partial charge in [-0.25, -0.2) is 13.1 Å². The molecular formula is C22H25N3O5S. The summed E-state index contributed by atoms with van der Waals surface area (Å²) in [5, 5.41) is 5.55. The highest BCUT2D eigenvalue weighted by Crippen LogP contribution is 2.38. The van der Waals surface area contributed by atoms with Crippen LogP contribution >= 0.6 is 0 Å². The minimum atomic E-state index is -3.68. The summed E-state index contributed by atoms with van der Waals surface area (Å²) in [5.74, 6) is 0.255. The van der Waals surface area contributed by atoms with Crippen molar-refractivity contribution in [1.82, 2.24) is 4.72 Å². The molecule has 164 valence electrons. The Kier molecular flexibility index (Phi) is 5.72. The summed E-state index contributed by atoms with van der Waals surface area (Å²) in [4.78, 5) is 25.0. The average molecular weight is 444 g/mol. The molecular weight excluding hydrogens is 418 g/mol. The second kappa shape index (κ2) is 8.32. The van der Waals surface area contributed by atoms with Crippen molar-refractivity contribution in [3.63, 3.8) is 0 Å². The Morgan fingerprint density at radius 1 is 1.06 bits per heavy atom. The third-order valence-corrected chi connectivity index (χ3v) is 6.99. The van der Waals surface area contributed by atoms with Crippen molar-refractivity contribution in [2.75, 3.05) is 17.7 Å². The van der Waals surface area contributed by atoms with Gasteiger partial charge in [0.2, 0.25) is 15.9 Å². The predicted molar refractivity (Wildman–Crippen MR) is 117 cm³/mol. The molecule has 0 saturated heterocycles. The number of anilines is 2. The number of sulfonamides is 1. The van der Waals surface area contributed by atoms with E-state index in [4.69, 9.17) is 4.74 Å². The van der Waals surface area contributed by atoms with Gasteiger partial charge in [0.05, 0.1) is 17.7 Å². The molecule has 2 aromatic rings. The molecule has 2 atom stereocenters. The van der Waals surface area contributed by atoms with Crippen molar-refractivity contribution < 1.29 is 22.7 Å². The molecule has 0 bridgehead atoms. The maximum absolute atomic E-state index is 12.8. The summed E-state index contributed by atoms with van der Waals surface area (Å²) < 4.78 is 32.9. The van der Waals surface area contributed by atoms with Crippen LogP contribution in [0.4, 0.5) is 11.4 Å². The number of carbonyl (C=O) groups is 2. The maximum atomic E-state index is 12.8. The number of benzene rings is 2. The minimum absolute atomic E-state index is 0.0238. The second-order valence-electron chi connectivity index (χ2n) is 8.10. The van der Waals surface area contributed by atoms with Gasteiger partial charge in [-0.05, 0) is 61.6 Å². The predicted octanol–water partition coefficient (Wildman–Crippen LogP) is 2.98. The Morgan fingerprint density at radius 3 is 2.45 bits per heavy atom. The van der Waals surface area contributed by atoms with Crippen LogP contribution in [-0.4, -0.2) is 33.4 Å². The van der Waals surface area contributed by atoms with E-state index in [0.717, 1.165) is 19.3 Å². The van der Waals surface area contributed by atoms with Gasteiger partial charge in [0.15, 0.2) is 0 Å². The number of rotatable bonds is 8. The summed E-state index contributed by atoms with van der Waals surface area (Å²) in [6.45, 7) is 2.02. The number of hydrogen-bond acceptors (Lipinski definition) is 5. The quantitative estimate of drug-likeness (QED) is 0.580. The maximum Gasteiger partial charge on any atom is 0.255 e. The lowest BCUT2D eigenvalue weighted by Gasteiger charge is -2.13. The van der Waals surface area contributed by atoms with Crippen LogP contribution in [0.5, 0.6) is 5.75 Å². The molecule has 0 radical (unpaired) electrons. The Balaban J connectivity index is 1.51. The Morgan fingerprint density at radius 2 is 1.81 bits per heavy atom. The van der Waals surface area contributed by atoms with Gasteiger partial charge in [-0.3, -0.25) is 9.59 Å². The van der Waals surface area contributed by atoms with Crippen LogP contribution in [0.2, 0.25) is 0 Å². The van der Waals surface area contributed by atoms with Crippen LogP contribution in [0.1, 0.15) is 36.5 Å². The zero-order chi connectivity index (χ0) is 22.2. The first-order valence-corrected chi connectivity index (χ1v) is 11.7. The standard InChI is InChI=1S/C22H25N3O5S/c1-13-10-18(13)22(27)23-16-5-3-4-14(11-16)21(26)24-19-12-17(8-9-20(19)30-2)31(28,29)25-15-6-7-15/h3-5,8-9,11-13,15,18,25H,6-7,10H2,1-2H3,(H,23,27)(H,24,26). The van der Waals surface area contributed by atoms with Crippen molar-refractivity contribution in [3.8, 4) is 5.75 Å². The van der Waals surface area contributed by atoms with Crippen LogP contribution in [0.15, 0.2) is 47.4 Å². The molecule has 9 heteroatoms. The van der Waals surface area contributed by atoms with Gasteiger partial charge in [0.1, 0.15) is 5.75 Å². The van der Waals surface area contributed by atoms with E-state index in [9.17, 15) is 18.0 Å². The normalized spacial score (nSPS) is 20.1.